The summed E-state index contributed by atoms with van der Waals surface area (Å²) in [5.74, 6) is 7.95. The number of hydrogen-bond donors (Lipinski definition) is 3. The first-order valence-electron chi connectivity index (χ1n) is 7.48. The van der Waals surface area contributed by atoms with E-state index in [1.807, 2.05) is 0 Å². The summed E-state index contributed by atoms with van der Waals surface area (Å²) >= 11 is 0. The number of rotatable bonds is 8. The van der Waals surface area contributed by atoms with Crippen LogP contribution in [0.2, 0.25) is 0 Å². The van der Waals surface area contributed by atoms with Crippen LogP contribution in [-0.4, -0.2) is 34.6 Å². The Hall–Kier alpha value is -1.63. The standard InChI is InChI=1S/C13H25N7/c1-3-20(4-2)13-17-11(16-12(18-13)19-14)15-9-8-10-6-5-7-10/h10H,3-9,14H2,1-2H3,(H2,15,16,17,18,19). The van der Waals surface area contributed by atoms with E-state index in [2.05, 4.69) is 44.4 Å². The first-order valence-corrected chi connectivity index (χ1v) is 7.48. The number of hydrazine groups is 1. The number of hydrogen-bond acceptors (Lipinski definition) is 7. The molecule has 1 aromatic heterocycles. The summed E-state index contributed by atoms with van der Waals surface area (Å²) in [6, 6.07) is 0. The Bertz CT molecular complexity index is 415. The van der Waals surface area contributed by atoms with Gasteiger partial charge in [0.1, 0.15) is 0 Å². The zero-order valence-corrected chi connectivity index (χ0v) is 12.4. The molecule has 0 aromatic carbocycles. The van der Waals surface area contributed by atoms with Crippen molar-refractivity contribution in [2.45, 2.75) is 39.5 Å². The average Bonchev–Trinajstić information content (AvgIpc) is 2.42. The average molecular weight is 279 g/mol. The first-order chi connectivity index (χ1) is 9.76. The number of nitrogens with zero attached hydrogens (tertiary/aromatic N) is 4. The summed E-state index contributed by atoms with van der Waals surface area (Å²) in [5, 5.41) is 3.28. The van der Waals surface area contributed by atoms with E-state index in [-0.39, 0.29) is 0 Å². The van der Waals surface area contributed by atoms with Crippen molar-refractivity contribution in [3.05, 3.63) is 0 Å². The number of nitrogens with two attached hydrogens (primary N) is 1. The largest absolute Gasteiger partial charge is 0.354 e. The minimum atomic E-state index is 0.396. The van der Waals surface area contributed by atoms with E-state index in [1.165, 1.54) is 25.7 Å². The highest BCUT2D eigenvalue weighted by Gasteiger charge is 2.17. The third-order valence-corrected chi connectivity index (χ3v) is 3.86. The molecule has 1 aromatic rings. The Morgan fingerprint density at radius 2 is 1.85 bits per heavy atom. The zero-order chi connectivity index (χ0) is 14.4. The summed E-state index contributed by atoms with van der Waals surface area (Å²) in [6.07, 6.45) is 5.28. The van der Waals surface area contributed by atoms with Gasteiger partial charge in [0.05, 0.1) is 0 Å². The van der Waals surface area contributed by atoms with Crippen molar-refractivity contribution in [1.82, 2.24) is 15.0 Å². The van der Waals surface area contributed by atoms with Gasteiger partial charge in [0.2, 0.25) is 17.8 Å². The number of aromatic nitrogens is 3. The topological polar surface area (TPSA) is 92.0 Å². The van der Waals surface area contributed by atoms with Crippen molar-refractivity contribution in [3.8, 4) is 0 Å². The van der Waals surface area contributed by atoms with Gasteiger partial charge in [0, 0.05) is 19.6 Å². The Balaban J connectivity index is 2.00. The minimum absolute atomic E-state index is 0.396. The van der Waals surface area contributed by atoms with Crippen LogP contribution < -0.4 is 21.5 Å². The molecule has 0 bridgehead atoms. The number of nitrogen functional groups attached to an aromatic ring is 1. The van der Waals surface area contributed by atoms with E-state index in [0.29, 0.717) is 17.8 Å². The molecule has 2 rings (SSSR count). The van der Waals surface area contributed by atoms with Crippen LogP contribution in [0.25, 0.3) is 0 Å². The molecule has 0 atom stereocenters. The Labute approximate surface area is 120 Å². The monoisotopic (exact) mass is 279 g/mol. The fourth-order valence-corrected chi connectivity index (χ4v) is 2.33. The molecular formula is C13H25N7. The highest BCUT2D eigenvalue weighted by Crippen LogP contribution is 2.29. The van der Waals surface area contributed by atoms with Crippen LogP contribution in [0.3, 0.4) is 0 Å². The van der Waals surface area contributed by atoms with Crippen LogP contribution >= 0.6 is 0 Å². The third-order valence-electron chi connectivity index (χ3n) is 3.86. The molecule has 20 heavy (non-hydrogen) atoms. The van der Waals surface area contributed by atoms with Gasteiger partial charge in [-0.15, -0.1) is 0 Å². The lowest BCUT2D eigenvalue weighted by molar-refractivity contribution is 0.303. The van der Waals surface area contributed by atoms with Gasteiger partial charge < -0.3 is 10.2 Å². The maximum atomic E-state index is 5.43. The molecule has 7 heteroatoms. The predicted molar refractivity (Wildman–Crippen MR) is 81.6 cm³/mol. The van der Waals surface area contributed by atoms with E-state index in [4.69, 9.17) is 5.84 Å². The maximum Gasteiger partial charge on any atom is 0.243 e. The molecular weight excluding hydrogens is 254 g/mol. The summed E-state index contributed by atoms with van der Waals surface area (Å²) < 4.78 is 0. The van der Waals surface area contributed by atoms with Crippen LogP contribution in [-0.2, 0) is 0 Å². The van der Waals surface area contributed by atoms with Crippen LogP contribution in [0, 0.1) is 5.92 Å². The van der Waals surface area contributed by atoms with Gasteiger partial charge in [-0.05, 0) is 26.2 Å². The second-order valence-corrected chi connectivity index (χ2v) is 5.11. The molecule has 0 saturated heterocycles. The van der Waals surface area contributed by atoms with Gasteiger partial charge in [-0.3, -0.25) is 5.43 Å². The second-order valence-electron chi connectivity index (χ2n) is 5.11. The molecule has 0 unspecified atom stereocenters. The number of nitrogens with one attached hydrogen (secondary N) is 2. The second kappa shape index (κ2) is 7.23. The Morgan fingerprint density at radius 3 is 2.40 bits per heavy atom. The summed E-state index contributed by atoms with van der Waals surface area (Å²) in [4.78, 5) is 15.1. The van der Waals surface area contributed by atoms with Crippen molar-refractivity contribution in [1.29, 1.82) is 0 Å². The fourth-order valence-electron chi connectivity index (χ4n) is 2.33. The SMILES string of the molecule is CCN(CC)c1nc(NN)nc(NCCC2CCC2)n1. The molecule has 7 nitrogen and oxygen atoms in total. The van der Waals surface area contributed by atoms with Gasteiger partial charge in [-0.2, -0.15) is 15.0 Å². The van der Waals surface area contributed by atoms with Crippen molar-refractivity contribution < 1.29 is 0 Å². The quantitative estimate of drug-likeness (QED) is 0.491. The highest BCUT2D eigenvalue weighted by molar-refractivity contribution is 5.43. The lowest BCUT2D eigenvalue weighted by atomic mass is 9.83. The van der Waals surface area contributed by atoms with E-state index in [0.717, 1.165) is 25.6 Å². The molecule has 0 aliphatic heterocycles. The molecule has 112 valence electrons. The molecule has 0 spiro atoms. The van der Waals surface area contributed by atoms with Gasteiger partial charge >= 0.3 is 0 Å². The van der Waals surface area contributed by atoms with Crippen molar-refractivity contribution in [2.75, 3.05) is 35.3 Å². The molecule has 1 aliphatic carbocycles. The maximum absolute atomic E-state index is 5.43. The molecule has 1 saturated carbocycles. The van der Waals surface area contributed by atoms with Crippen LogP contribution in [0.15, 0.2) is 0 Å². The summed E-state index contributed by atoms with van der Waals surface area (Å²) in [5.41, 5.74) is 2.50. The van der Waals surface area contributed by atoms with Gasteiger partial charge in [-0.1, -0.05) is 19.3 Å². The summed E-state index contributed by atoms with van der Waals surface area (Å²) in [6.45, 7) is 6.76. The molecule has 1 heterocycles. The minimum Gasteiger partial charge on any atom is -0.354 e. The van der Waals surface area contributed by atoms with E-state index >= 15 is 0 Å². The van der Waals surface area contributed by atoms with Crippen molar-refractivity contribution >= 4 is 17.8 Å². The van der Waals surface area contributed by atoms with Crippen molar-refractivity contribution in [3.63, 3.8) is 0 Å². The van der Waals surface area contributed by atoms with Crippen LogP contribution in [0.1, 0.15) is 39.5 Å². The fraction of sp³-hybridized carbons (Fsp3) is 0.769. The molecule has 0 radical (unpaired) electrons. The van der Waals surface area contributed by atoms with E-state index in [1.54, 1.807) is 0 Å². The van der Waals surface area contributed by atoms with Gasteiger partial charge in [0.15, 0.2) is 0 Å². The third kappa shape index (κ3) is 3.69. The molecule has 1 aliphatic rings. The lowest BCUT2D eigenvalue weighted by Gasteiger charge is -2.25. The van der Waals surface area contributed by atoms with Crippen LogP contribution in [0.4, 0.5) is 17.8 Å². The van der Waals surface area contributed by atoms with Crippen molar-refractivity contribution in [2.24, 2.45) is 11.8 Å². The molecule has 0 amide bonds. The van der Waals surface area contributed by atoms with Gasteiger partial charge in [0.25, 0.3) is 0 Å². The predicted octanol–water partition coefficient (Wildman–Crippen LogP) is 1.61. The van der Waals surface area contributed by atoms with Crippen LogP contribution in [0.5, 0.6) is 0 Å². The molecule has 4 N–H and O–H groups in total. The molecule has 1 fully saturated rings. The van der Waals surface area contributed by atoms with E-state index < -0.39 is 0 Å². The number of anilines is 3. The lowest BCUT2D eigenvalue weighted by Crippen LogP contribution is -2.26. The first kappa shape index (κ1) is 14.8. The van der Waals surface area contributed by atoms with Gasteiger partial charge in [-0.25, -0.2) is 5.84 Å². The normalized spacial score (nSPS) is 14.8. The smallest absolute Gasteiger partial charge is 0.243 e. The zero-order valence-electron chi connectivity index (χ0n) is 12.4. The summed E-state index contributed by atoms with van der Waals surface area (Å²) in [7, 11) is 0. The Morgan fingerprint density at radius 1 is 1.15 bits per heavy atom. The Kier molecular flexibility index (Phi) is 5.34. The highest BCUT2D eigenvalue weighted by atomic mass is 15.4. The van der Waals surface area contributed by atoms with E-state index in [9.17, 15) is 0 Å².